The van der Waals surface area contributed by atoms with Crippen molar-refractivity contribution in [3.8, 4) is 0 Å². The minimum atomic E-state index is 0.0811. The maximum Gasteiger partial charge on any atom is 0.175 e. The van der Waals surface area contributed by atoms with E-state index < -0.39 is 0 Å². The van der Waals surface area contributed by atoms with Crippen molar-refractivity contribution in [1.29, 1.82) is 0 Å². The molecule has 30 heavy (non-hydrogen) atoms. The molecule has 0 spiro atoms. The highest BCUT2D eigenvalue weighted by molar-refractivity contribution is 6.22. The van der Waals surface area contributed by atoms with E-state index in [0.717, 1.165) is 31.7 Å². The predicted octanol–water partition coefficient (Wildman–Crippen LogP) is 3.12. The van der Waals surface area contributed by atoms with Crippen LogP contribution in [0.1, 0.15) is 19.3 Å². The number of pyridine rings is 1. The summed E-state index contributed by atoms with van der Waals surface area (Å²) in [7, 11) is 0. The van der Waals surface area contributed by atoms with Crippen LogP contribution in [0, 0.1) is 0 Å². The van der Waals surface area contributed by atoms with Gasteiger partial charge in [-0.05, 0) is 38.1 Å². The molecule has 156 valence electrons. The third-order valence-corrected chi connectivity index (χ3v) is 5.60. The van der Waals surface area contributed by atoms with Crippen molar-refractivity contribution in [1.82, 2.24) is 14.5 Å². The summed E-state index contributed by atoms with van der Waals surface area (Å²) in [4.78, 5) is 11.6. The number of nitrogens with one attached hydrogen (secondary N) is 1. The van der Waals surface area contributed by atoms with Gasteiger partial charge in [-0.15, -0.1) is 5.10 Å². The zero-order valence-electron chi connectivity index (χ0n) is 16.9. The van der Waals surface area contributed by atoms with E-state index in [1.54, 1.807) is 12.2 Å². The standard InChI is InChI=1S/C22H26N6O2/c29-19-14-17-20(30-13-8-23-17)15-16(19)25-21-18-6-2-5-11-28(18)26-22(21)24-7-12-27-9-3-1-4-10-27/h2,5-6,11,14-15,29H,1,3-4,7-10,12-13H2,(H,24,26)/b25-16+. The Kier molecular flexibility index (Phi) is 5.23. The van der Waals surface area contributed by atoms with E-state index in [1.807, 2.05) is 28.9 Å². The Morgan fingerprint density at radius 3 is 2.97 bits per heavy atom. The third-order valence-electron chi connectivity index (χ3n) is 5.60. The first-order valence-corrected chi connectivity index (χ1v) is 10.6. The minimum absolute atomic E-state index is 0.0811. The molecule has 8 nitrogen and oxygen atoms in total. The molecule has 0 radical (unpaired) electrons. The SMILES string of the molecule is OC1=CC2=NCCOC2=C/C1=N\c1c(NCCN2CCCCC2)nn2ccccc12. The number of rotatable bonds is 5. The highest BCUT2D eigenvalue weighted by Gasteiger charge is 2.22. The van der Waals surface area contributed by atoms with Crippen LogP contribution in [-0.4, -0.2) is 70.4 Å². The summed E-state index contributed by atoms with van der Waals surface area (Å²) in [6, 6.07) is 5.87. The maximum atomic E-state index is 10.5. The van der Waals surface area contributed by atoms with Crippen LogP contribution in [0.2, 0.25) is 0 Å². The first-order valence-electron chi connectivity index (χ1n) is 10.6. The number of aliphatic imine (C=N–C) groups is 2. The smallest absolute Gasteiger partial charge is 0.175 e. The normalized spacial score (nSPS) is 20.9. The van der Waals surface area contributed by atoms with Crippen molar-refractivity contribution in [3.05, 3.63) is 48.1 Å². The van der Waals surface area contributed by atoms with Gasteiger partial charge in [0, 0.05) is 31.4 Å². The van der Waals surface area contributed by atoms with Gasteiger partial charge in [-0.2, -0.15) is 0 Å². The van der Waals surface area contributed by atoms with E-state index in [1.165, 1.54) is 19.3 Å². The van der Waals surface area contributed by atoms with Gasteiger partial charge in [-0.3, -0.25) is 4.99 Å². The fraction of sp³-hybridized carbons (Fsp3) is 0.409. The van der Waals surface area contributed by atoms with E-state index in [-0.39, 0.29) is 5.76 Å². The zero-order valence-corrected chi connectivity index (χ0v) is 16.9. The molecule has 2 aromatic rings. The van der Waals surface area contributed by atoms with Crippen LogP contribution >= 0.6 is 0 Å². The van der Waals surface area contributed by atoms with Gasteiger partial charge in [0.2, 0.25) is 0 Å². The molecular formula is C22H26N6O2. The number of aliphatic hydroxyl groups excluding tert-OH is 1. The fourth-order valence-corrected chi connectivity index (χ4v) is 4.05. The van der Waals surface area contributed by atoms with Crippen molar-refractivity contribution < 1.29 is 9.84 Å². The topological polar surface area (TPSA) is 86.8 Å². The first-order chi connectivity index (χ1) is 14.8. The third kappa shape index (κ3) is 3.82. The summed E-state index contributed by atoms with van der Waals surface area (Å²) in [5, 5.41) is 18.6. The molecule has 2 aliphatic heterocycles. The lowest BCUT2D eigenvalue weighted by Crippen LogP contribution is -2.33. The lowest BCUT2D eigenvalue weighted by atomic mass is 10.1. The number of aliphatic hydroxyl groups is 1. The van der Waals surface area contributed by atoms with Gasteiger partial charge in [-0.25, -0.2) is 9.51 Å². The number of nitrogens with zero attached hydrogens (tertiary/aromatic N) is 5. The Bertz CT molecular complexity index is 1060. The van der Waals surface area contributed by atoms with Crippen molar-refractivity contribution >= 4 is 28.4 Å². The summed E-state index contributed by atoms with van der Waals surface area (Å²) >= 11 is 0. The highest BCUT2D eigenvalue weighted by Crippen LogP contribution is 2.31. The largest absolute Gasteiger partial charge is 0.506 e. The van der Waals surface area contributed by atoms with Crippen molar-refractivity contribution in [2.24, 2.45) is 9.98 Å². The molecule has 8 heteroatoms. The average Bonchev–Trinajstić information content (AvgIpc) is 3.12. The molecule has 1 aliphatic carbocycles. The Hall–Kier alpha value is -3.13. The van der Waals surface area contributed by atoms with Gasteiger partial charge in [0.15, 0.2) is 5.82 Å². The number of hydrogen-bond donors (Lipinski definition) is 2. The number of anilines is 1. The molecule has 3 aliphatic rings. The van der Waals surface area contributed by atoms with Crippen molar-refractivity contribution in [2.45, 2.75) is 19.3 Å². The molecule has 5 rings (SSSR count). The number of hydrogen-bond acceptors (Lipinski definition) is 7. The van der Waals surface area contributed by atoms with Crippen molar-refractivity contribution in [2.75, 3.05) is 44.6 Å². The Morgan fingerprint density at radius 2 is 2.07 bits per heavy atom. The summed E-state index contributed by atoms with van der Waals surface area (Å²) in [6.45, 7) is 5.24. The molecule has 0 amide bonds. The Labute approximate surface area is 175 Å². The molecule has 1 fully saturated rings. The number of fused-ring (bicyclic) bond motifs is 2. The van der Waals surface area contributed by atoms with Crippen LogP contribution in [0.5, 0.6) is 0 Å². The molecular weight excluding hydrogens is 380 g/mol. The monoisotopic (exact) mass is 406 g/mol. The van der Waals surface area contributed by atoms with Crippen LogP contribution in [-0.2, 0) is 4.74 Å². The van der Waals surface area contributed by atoms with Crippen LogP contribution in [0.3, 0.4) is 0 Å². The number of aromatic nitrogens is 2. The Balaban J connectivity index is 1.43. The molecule has 0 saturated carbocycles. The molecule has 1 saturated heterocycles. The zero-order chi connectivity index (χ0) is 20.3. The van der Waals surface area contributed by atoms with Crippen molar-refractivity contribution in [3.63, 3.8) is 0 Å². The second-order valence-electron chi connectivity index (χ2n) is 7.71. The van der Waals surface area contributed by atoms with Crippen LogP contribution in [0.25, 0.3) is 5.52 Å². The summed E-state index contributed by atoms with van der Waals surface area (Å²) in [5.74, 6) is 1.44. The molecule has 0 aromatic carbocycles. The summed E-state index contributed by atoms with van der Waals surface area (Å²) in [5.41, 5.74) is 2.69. The lowest BCUT2D eigenvalue weighted by molar-refractivity contribution is 0.232. The second-order valence-corrected chi connectivity index (χ2v) is 7.71. The van der Waals surface area contributed by atoms with E-state index in [0.29, 0.717) is 41.8 Å². The van der Waals surface area contributed by atoms with Gasteiger partial charge in [0.1, 0.15) is 35.2 Å². The van der Waals surface area contributed by atoms with E-state index in [2.05, 4.69) is 20.3 Å². The fourth-order valence-electron chi connectivity index (χ4n) is 4.05. The lowest BCUT2D eigenvalue weighted by Gasteiger charge is -2.26. The van der Waals surface area contributed by atoms with Gasteiger partial charge in [-0.1, -0.05) is 12.5 Å². The number of ether oxygens (including phenoxy) is 1. The quantitative estimate of drug-likeness (QED) is 0.745. The predicted molar refractivity (Wildman–Crippen MR) is 118 cm³/mol. The highest BCUT2D eigenvalue weighted by atomic mass is 16.5. The van der Waals surface area contributed by atoms with E-state index >= 15 is 0 Å². The van der Waals surface area contributed by atoms with Gasteiger partial charge < -0.3 is 20.1 Å². The second kappa shape index (κ2) is 8.31. The molecule has 2 aromatic heterocycles. The van der Waals surface area contributed by atoms with Gasteiger partial charge in [0.25, 0.3) is 0 Å². The van der Waals surface area contributed by atoms with Gasteiger partial charge >= 0.3 is 0 Å². The molecule has 0 atom stereocenters. The number of allylic oxidation sites excluding steroid dienone is 2. The Morgan fingerprint density at radius 1 is 1.17 bits per heavy atom. The molecule has 2 N–H and O–H groups in total. The van der Waals surface area contributed by atoms with E-state index in [9.17, 15) is 5.11 Å². The number of piperidine rings is 1. The first kappa shape index (κ1) is 18.9. The average molecular weight is 406 g/mol. The maximum absolute atomic E-state index is 10.5. The minimum Gasteiger partial charge on any atom is -0.506 e. The van der Waals surface area contributed by atoms with Gasteiger partial charge in [0.05, 0.1) is 12.1 Å². The summed E-state index contributed by atoms with van der Waals surface area (Å²) < 4.78 is 7.49. The van der Waals surface area contributed by atoms with Crippen LogP contribution in [0.15, 0.2) is 58.1 Å². The molecule has 4 heterocycles. The van der Waals surface area contributed by atoms with E-state index in [4.69, 9.17) is 9.73 Å². The van der Waals surface area contributed by atoms with Crippen LogP contribution < -0.4 is 5.32 Å². The number of likely N-dealkylation sites (tertiary alicyclic amines) is 1. The summed E-state index contributed by atoms with van der Waals surface area (Å²) in [6.07, 6.45) is 9.15. The van der Waals surface area contributed by atoms with Crippen LogP contribution in [0.4, 0.5) is 11.5 Å². The molecule has 0 bridgehead atoms. The molecule has 0 unspecified atom stereocenters.